The first-order chi connectivity index (χ1) is 7.77. The van der Waals surface area contributed by atoms with Crippen LogP contribution in [0, 0.1) is 6.92 Å². The number of aromatic nitrogens is 2. The quantitative estimate of drug-likeness (QED) is 0.937. The van der Waals surface area contributed by atoms with Crippen LogP contribution in [0.15, 0.2) is 41.4 Å². The Hall–Kier alpha value is -1.42. The first-order valence-corrected chi connectivity index (χ1v) is 5.79. The lowest BCUT2D eigenvalue weighted by Gasteiger charge is -2.09. The van der Waals surface area contributed by atoms with Gasteiger partial charge in [0.25, 0.3) is 0 Å². The Labute approximate surface area is 103 Å². The Morgan fingerprint density at radius 2 is 1.94 bits per heavy atom. The number of aryl methyl sites for hydroxylation is 1. The van der Waals surface area contributed by atoms with Crippen molar-refractivity contribution in [2.75, 3.05) is 5.32 Å². The van der Waals surface area contributed by atoms with Crippen molar-refractivity contribution in [3.8, 4) is 0 Å². The lowest BCUT2D eigenvalue weighted by atomic mass is 10.1. The molecule has 0 spiro atoms. The molecule has 0 aliphatic carbocycles. The van der Waals surface area contributed by atoms with Crippen molar-refractivity contribution in [2.24, 2.45) is 0 Å². The van der Waals surface area contributed by atoms with Gasteiger partial charge in [-0.25, -0.2) is 0 Å². The maximum atomic E-state index is 4.12. The second-order valence-electron chi connectivity index (χ2n) is 3.51. The minimum absolute atomic E-state index is 0.766. The molecule has 0 fully saturated rings. The smallest absolute Gasteiger partial charge is 0.0590 e. The predicted molar refractivity (Wildman–Crippen MR) is 68.2 cm³/mol. The van der Waals surface area contributed by atoms with E-state index in [9.17, 15) is 0 Å². The van der Waals surface area contributed by atoms with E-state index < -0.39 is 0 Å². The minimum Gasteiger partial charge on any atom is -0.380 e. The second kappa shape index (κ2) is 5.07. The number of hydrogen-bond acceptors (Lipinski definition) is 3. The highest BCUT2D eigenvalue weighted by molar-refractivity contribution is 9.10. The lowest BCUT2D eigenvalue weighted by Crippen LogP contribution is -2.02. The van der Waals surface area contributed by atoms with Crippen LogP contribution in [0.5, 0.6) is 0 Å². The van der Waals surface area contributed by atoms with Crippen LogP contribution in [0.25, 0.3) is 0 Å². The van der Waals surface area contributed by atoms with Crippen LogP contribution in [-0.4, -0.2) is 9.97 Å². The third-order valence-electron chi connectivity index (χ3n) is 2.39. The highest BCUT2D eigenvalue weighted by atomic mass is 79.9. The van der Waals surface area contributed by atoms with Gasteiger partial charge in [0.15, 0.2) is 0 Å². The van der Waals surface area contributed by atoms with Crippen molar-refractivity contribution >= 4 is 21.6 Å². The molecule has 2 rings (SSSR count). The average Bonchev–Trinajstić information content (AvgIpc) is 2.30. The van der Waals surface area contributed by atoms with Crippen molar-refractivity contribution in [2.45, 2.75) is 13.5 Å². The summed E-state index contributed by atoms with van der Waals surface area (Å²) in [7, 11) is 0. The molecule has 0 saturated heterocycles. The van der Waals surface area contributed by atoms with Crippen LogP contribution >= 0.6 is 15.9 Å². The zero-order chi connectivity index (χ0) is 11.4. The molecule has 16 heavy (non-hydrogen) atoms. The highest BCUT2D eigenvalue weighted by Crippen LogP contribution is 2.20. The molecule has 0 amide bonds. The molecule has 0 saturated carbocycles. The maximum absolute atomic E-state index is 4.12. The topological polar surface area (TPSA) is 37.8 Å². The molecule has 0 aliphatic heterocycles. The number of pyridine rings is 2. The summed E-state index contributed by atoms with van der Waals surface area (Å²) < 4.78 is 0.969. The predicted octanol–water partition coefficient (Wildman–Crippen LogP) is 3.16. The molecular formula is C12H12BrN3. The molecule has 0 bridgehead atoms. The van der Waals surface area contributed by atoms with E-state index in [0.29, 0.717) is 0 Å². The van der Waals surface area contributed by atoms with E-state index in [1.807, 2.05) is 18.3 Å². The summed E-state index contributed by atoms with van der Waals surface area (Å²) in [6.07, 6.45) is 7.24. The van der Waals surface area contributed by atoms with Gasteiger partial charge in [-0.15, -0.1) is 0 Å². The lowest BCUT2D eigenvalue weighted by molar-refractivity contribution is 1.08. The van der Waals surface area contributed by atoms with E-state index in [1.165, 1.54) is 11.1 Å². The molecule has 2 aromatic heterocycles. The molecule has 3 nitrogen and oxygen atoms in total. The Kier molecular flexibility index (Phi) is 3.51. The van der Waals surface area contributed by atoms with Crippen LogP contribution in [0.4, 0.5) is 5.69 Å². The minimum atomic E-state index is 0.766. The number of anilines is 1. The molecule has 4 heteroatoms. The molecule has 2 aromatic rings. The third-order valence-corrected chi connectivity index (χ3v) is 3.02. The number of halogens is 1. The molecule has 2 heterocycles. The standard InChI is InChI=1S/C12H12BrN3/c1-9-2-4-14-6-10(9)7-16-12-3-5-15-8-11(12)13/h2-6,8H,7H2,1H3,(H,15,16). The molecule has 0 unspecified atom stereocenters. The Bertz CT molecular complexity index is 440. The van der Waals surface area contributed by atoms with Gasteiger partial charge in [0.1, 0.15) is 0 Å². The fourth-order valence-corrected chi connectivity index (χ4v) is 1.78. The average molecular weight is 278 g/mol. The SMILES string of the molecule is Cc1ccncc1CNc1ccncc1Br. The van der Waals surface area contributed by atoms with Gasteiger partial charge in [-0.3, -0.25) is 9.97 Å². The van der Waals surface area contributed by atoms with Crippen LogP contribution in [0.2, 0.25) is 0 Å². The summed E-state index contributed by atoms with van der Waals surface area (Å²) >= 11 is 3.45. The zero-order valence-corrected chi connectivity index (χ0v) is 10.5. The monoisotopic (exact) mass is 277 g/mol. The molecular weight excluding hydrogens is 266 g/mol. The van der Waals surface area contributed by atoms with Gasteiger partial charge in [-0.05, 0) is 46.1 Å². The second-order valence-corrected chi connectivity index (χ2v) is 4.37. The van der Waals surface area contributed by atoms with Crippen LogP contribution in [0.1, 0.15) is 11.1 Å². The van der Waals surface area contributed by atoms with Crippen molar-refractivity contribution in [3.63, 3.8) is 0 Å². The van der Waals surface area contributed by atoms with Crippen molar-refractivity contribution in [3.05, 3.63) is 52.5 Å². The zero-order valence-electron chi connectivity index (χ0n) is 8.94. The maximum Gasteiger partial charge on any atom is 0.0590 e. The Balaban J connectivity index is 2.09. The summed E-state index contributed by atoms with van der Waals surface area (Å²) in [4.78, 5) is 8.13. The van der Waals surface area contributed by atoms with E-state index in [-0.39, 0.29) is 0 Å². The van der Waals surface area contributed by atoms with Gasteiger partial charge in [-0.2, -0.15) is 0 Å². The van der Waals surface area contributed by atoms with Gasteiger partial charge in [-0.1, -0.05) is 0 Å². The highest BCUT2D eigenvalue weighted by Gasteiger charge is 2.00. The van der Waals surface area contributed by atoms with Crippen LogP contribution in [0.3, 0.4) is 0 Å². The fourth-order valence-electron chi connectivity index (χ4n) is 1.39. The molecule has 0 atom stereocenters. The third kappa shape index (κ3) is 2.58. The largest absolute Gasteiger partial charge is 0.380 e. The van der Waals surface area contributed by atoms with Gasteiger partial charge >= 0.3 is 0 Å². The number of nitrogens with zero attached hydrogens (tertiary/aromatic N) is 2. The summed E-state index contributed by atoms with van der Waals surface area (Å²) in [5, 5.41) is 3.34. The molecule has 0 aromatic carbocycles. The summed E-state index contributed by atoms with van der Waals surface area (Å²) in [5.41, 5.74) is 3.48. The summed E-state index contributed by atoms with van der Waals surface area (Å²) in [6, 6.07) is 3.95. The van der Waals surface area contributed by atoms with Gasteiger partial charge < -0.3 is 5.32 Å². The van der Waals surface area contributed by atoms with E-state index in [0.717, 1.165) is 16.7 Å². The normalized spacial score (nSPS) is 10.1. The van der Waals surface area contributed by atoms with Crippen molar-refractivity contribution in [1.82, 2.24) is 9.97 Å². The van der Waals surface area contributed by atoms with E-state index in [1.54, 1.807) is 18.6 Å². The Morgan fingerprint density at radius 3 is 2.69 bits per heavy atom. The van der Waals surface area contributed by atoms with E-state index >= 15 is 0 Å². The van der Waals surface area contributed by atoms with Crippen LogP contribution in [-0.2, 0) is 6.54 Å². The van der Waals surface area contributed by atoms with Crippen molar-refractivity contribution in [1.29, 1.82) is 0 Å². The summed E-state index contributed by atoms with van der Waals surface area (Å²) in [6.45, 7) is 2.85. The molecule has 0 aliphatic rings. The number of hydrogen-bond donors (Lipinski definition) is 1. The molecule has 0 radical (unpaired) electrons. The molecule has 1 N–H and O–H groups in total. The number of rotatable bonds is 3. The summed E-state index contributed by atoms with van der Waals surface area (Å²) in [5.74, 6) is 0. The van der Waals surface area contributed by atoms with Crippen LogP contribution < -0.4 is 5.32 Å². The number of nitrogens with one attached hydrogen (secondary N) is 1. The Morgan fingerprint density at radius 1 is 1.19 bits per heavy atom. The van der Waals surface area contributed by atoms with Crippen molar-refractivity contribution < 1.29 is 0 Å². The van der Waals surface area contributed by atoms with E-state index in [2.05, 4.69) is 38.1 Å². The fraction of sp³-hybridized carbons (Fsp3) is 0.167. The van der Waals surface area contributed by atoms with Gasteiger partial charge in [0.2, 0.25) is 0 Å². The van der Waals surface area contributed by atoms with Gasteiger partial charge in [0, 0.05) is 31.3 Å². The molecule has 82 valence electrons. The van der Waals surface area contributed by atoms with E-state index in [4.69, 9.17) is 0 Å². The first-order valence-electron chi connectivity index (χ1n) is 5.00. The first kappa shape index (κ1) is 11.1. The van der Waals surface area contributed by atoms with Gasteiger partial charge in [0.05, 0.1) is 10.2 Å².